The van der Waals surface area contributed by atoms with Crippen molar-refractivity contribution in [2.24, 2.45) is 0 Å². The second kappa shape index (κ2) is 12.8. The van der Waals surface area contributed by atoms with Gasteiger partial charge in [0.05, 0.1) is 11.4 Å². The molecule has 202 valence electrons. The van der Waals surface area contributed by atoms with Crippen LogP contribution in [-0.2, 0) is 26.2 Å². The fourth-order valence-electron chi connectivity index (χ4n) is 4.05. The highest BCUT2D eigenvalue weighted by Gasteiger charge is 2.33. The molecule has 0 unspecified atom stereocenters. The van der Waals surface area contributed by atoms with Crippen molar-refractivity contribution in [3.05, 3.63) is 54.1 Å². The van der Waals surface area contributed by atoms with Crippen molar-refractivity contribution in [2.45, 2.75) is 59.2 Å². The number of nitrogens with zero attached hydrogens (tertiary/aromatic N) is 2. The first-order valence-corrected chi connectivity index (χ1v) is 14.3. The molecule has 1 N–H and O–H groups in total. The Hall–Kier alpha value is -3.27. The van der Waals surface area contributed by atoms with Crippen molar-refractivity contribution in [1.82, 2.24) is 10.2 Å². The molecule has 2 atom stereocenters. The summed E-state index contributed by atoms with van der Waals surface area (Å²) in [5, 5.41) is 2.97. The van der Waals surface area contributed by atoms with Crippen LogP contribution in [-0.4, -0.2) is 62.7 Å². The number of carbonyl (C=O) groups excluding carboxylic acids is 2. The van der Waals surface area contributed by atoms with Gasteiger partial charge < -0.3 is 19.7 Å². The lowest BCUT2D eigenvalue weighted by Gasteiger charge is -2.33. The largest absolute Gasteiger partial charge is 0.486 e. The smallest absolute Gasteiger partial charge is 0.244 e. The van der Waals surface area contributed by atoms with Crippen LogP contribution in [0.3, 0.4) is 0 Å². The summed E-state index contributed by atoms with van der Waals surface area (Å²) in [6.07, 6.45) is 1.13. The van der Waals surface area contributed by atoms with Gasteiger partial charge in [-0.05, 0) is 44.4 Å². The molecule has 37 heavy (non-hydrogen) atoms. The van der Waals surface area contributed by atoms with E-state index in [1.54, 1.807) is 18.2 Å². The molecule has 0 aliphatic carbocycles. The third kappa shape index (κ3) is 7.15. The summed E-state index contributed by atoms with van der Waals surface area (Å²) < 4.78 is 38.6. The summed E-state index contributed by atoms with van der Waals surface area (Å²) in [4.78, 5) is 28.5. The Morgan fingerprint density at radius 2 is 1.65 bits per heavy atom. The maximum absolute atomic E-state index is 13.8. The van der Waals surface area contributed by atoms with Crippen LogP contribution in [0.1, 0.15) is 46.1 Å². The Kier molecular flexibility index (Phi) is 9.79. The van der Waals surface area contributed by atoms with Crippen molar-refractivity contribution in [3.63, 3.8) is 0 Å². The third-order valence-electron chi connectivity index (χ3n) is 6.38. The zero-order chi connectivity index (χ0) is 27.0. The van der Waals surface area contributed by atoms with Crippen LogP contribution >= 0.6 is 0 Å². The van der Waals surface area contributed by atoms with Gasteiger partial charge in [-0.3, -0.25) is 13.9 Å². The minimum absolute atomic E-state index is 0.0510. The van der Waals surface area contributed by atoms with Crippen LogP contribution < -0.4 is 19.1 Å². The Morgan fingerprint density at radius 1 is 0.973 bits per heavy atom. The summed E-state index contributed by atoms with van der Waals surface area (Å²) in [6, 6.07) is 13.4. The van der Waals surface area contributed by atoms with Crippen molar-refractivity contribution >= 4 is 27.5 Å². The molecule has 1 aliphatic heterocycles. The fourth-order valence-corrected chi connectivity index (χ4v) is 5.10. The van der Waals surface area contributed by atoms with Crippen LogP contribution in [0, 0.1) is 0 Å². The number of amides is 2. The molecule has 1 aliphatic rings. The lowest BCUT2D eigenvalue weighted by molar-refractivity contribution is -0.140. The highest BCUT2D eigenvalue weighted by Crippen LogP contribution is 2.35. The number of anilines is 1. The van der Waals surface area contributed by atoms with Gasteiger partial charge in [-0.15, -0.1) is 0 Å². The van der Waals surface area contributed by atoms with E-state index >= 15 is 0 Å². The summed E-state index contributed by atoms with van der Waals surface area (Å²) in [6.45, 7) is 7.74. The van der Waals surface area contributed by atoms with E-state index in [1.807, 2.05) is 51.1 Å². The predicted molar refractivity (Wildman–Crippen MR) is 143 cm³/mol. The number of benzene rings is 2. The maximum Gasteiger partial charge on any atom is 0.244 e. The Balaban J connectivity index is 1.96. The number of fused-ring (bicyclic) bond motifs is 1. The van der Waals surface area contributed by atoms with Gasteiger partial charge in [0.2, 0.25) is 21.8 Å². The molecule has 0 fully saturated rings. The van der Waals surface area contributed by atoms with Crippen molar-refractivity contribution in [1.29, 1.82) is 0 Å². The standard InChI is InChI=1S/C27H37N3O6S/c1-5-20(4)28-27(32)23(6-2)29(18-21-11-9-8-10-12-21)26(31)19-30(37(33,34)7-3)22-13-14-24-25(17-22)36-16-15-35-24/h8-14,17,20,23H,5-7,15-16,18-19H2,1-4H3,(H,28,32)/t20-,23+/m0/s1. The maximum atomic E-state index is 13.8. The second-order valence-electron chi connectivity index (χ2n) is 8.98. The zero-order valence-electron chi connectivity index (χ0n) is 22.0. The molecule has 0 bridgehead atoms. The van der Waals surface area contributed by atoms with Crippen LogP contribution in [0.25, 0.3) is 0 Å². The van der Waals surface area contributed by atoms with Crippen LogP contribution in [0.4, 0.5) is 5.69 Å². The van der Waals surface area contributed by atoms with Gasteiger partial charge in [-0.25, -0.2) is 8.42 Å². The summed E-state index contributed by atoms with van der Waals surface area (Å²) in [5.41, 5.74) is 1.14. The molecule has 9 nitrogen and oxygen atoms in total. The lowest BCUT2D eigenvalue weighted by Crippen LogP contribution is -2.53. The molecule has 0 radical (unpaired) electrons. The van der Waals surface area contributed by atoms with Crippen molar-refractivity contribution in [3.8, 4) is 11.5 Å². The van der Waals surface area contributed by atoms with Gasteiger partial charge >= 0.3 is 0 Å². The lowest BCUT2D eigenvalue weighted by atomic mass is 10.1. The Bertz CT molecular complexity index is 1170. The number of hydrogen-bond donors (Lipinski definition) is 1. The van der Waals surface area contributed by atoms with Gasteiger partial charge in [0, 0.05) is 18.7 Å². The van der Waals surface area contributed by atoms with E-state index in [-0.39, 0.29) is 24.2 Å². The second-order valence-corrected chi connectivity index (χ2v) is 11.2. The average molecular weight is 532 g/mol. The number of rotatable bonds is 12. The summed E-state index contributed by atoms with van der Waals surface area (Å²) in [5.74, 6) is 0.0213. The van der Waals surface area contributed by atoms with Gasteiger partial charge in [0.15, 0.2) is 11.5 Å². The molecular weight excluding hydrogens is 494 g/mol. The molecule has 2 amide bonds. The van der Waals surface area contributed by atoms with Gasteiger partial charge in [-0.1, -0.05) is 44.2 Å². The van der Waals surface area contributed by atoms with Gasteiger partial charge in [-0.2, -0.15) is 0 Å². The van der Waals surface area contributed by atoms with E-state index in [2.05, 4.69) is 5.32 Å². The molecule has 0 spiro atoms. The fraction of sp³-hybridized carbons (Fsp3) is 0.481. The molecule has 2 aromatic rings. The Morgan fingerprint density at radius 3 is 2.27 bits per heavy atom. The highest BCUT2D eigenvalue weighted by atomic mass is 32.2. The van der Waals surface area contributed by atoms with Crippen LogP contribution in [0.2, 0.25) is 0 Å². The first kappa shape index (κ1) is 28.3. The summed E-state index contributed by atoms with van der Waals surface area (Å²) in [7, 11) is -3.83. The van der Waals surface area contributed by atoms with E-state index in [9.17, 15) is 18.0 Å². The molecule has 1 heterocycles. The molecule has 0 saturated heterocycles. The van der Waals surface area contributed by atoms with Crippen LogP contribution in [0.5, 0.6) is 11.5 Å². The van der Waals surface area contributed by atoms with Crippen molar-refractivity contribution < 1.29 is 27.5 Å². The number of nitrogens with one attached hydrogen (secondary N) is 1. The monoisotopic (exact) mass is 531 g/mol. The number of sulfonamides is 1. The van der Waals surface area contributed by atoms with E-state index in [1.165, 1.54) is 11.8 Å². The van der Waals surface area contributed by atoms with E-state index < -0.39 is 28.5 Å². The zero-order valence-corrected chi connectivity index (χ0v) is 22.8. The van der Waals surface area contributed by atoms with Crippen LogP contribution in [0.15, 0.2) is 48.5 Å². The average Bonchev–Trinajstić information content (AvgIpc) is 2.91. The Labute approximate surface area is 219 Å². The van der Waals surface area contributed by atoms with E-state index in [0.29, 0.717) is 36.8 Å². The van der Waals surface area contributed by atoms with E-state index in [4.69, 9.17) is 9.47 Å². The molecule has 10 heteroatoms. The predicted octanol–water partition coefficient (Wildman–Crippen LogP) is 3.34. The van der Waals surface area contributed by atoms with Crippen molar-refractivity contribution in [2.75, 3.05) is 29.8 Å². The minimum Gasteiger partial charge on any atom is -0.486 e. The molecule has 0 aromatic heterocycles. The highest BCUT2D eigenvalue weighted by molar-refractivity contribution is 7.92. The minimum atomic E-state index is -3.83. The molecule has 0 saturated carbocycles. The summed E-state index contributed by atoms with van der Waals surface area (Å²) >= 11 is 0. The topological polar surface area (TPSA) is 105 Å². The SMILES string of the molecule is CC[C@H](C(=O)N[C@@H](C)CC)N(Cc1ccccc1)C(=O)CN(c1ccc2c(c1)OCCO2)S(=O)(=O)CC. The third-order valence-corrected chi connectivity index (χ3v) is 8.12. The number of carbonyl (C=O) groups is 2. The first-order chi connectivity index (χ1) is 17.7. The normalized spacial score (nSPS) is 14.4. The molecule has 2 aromatic carbocycles. The van der Waals surface area contributed by atoms with Gasteiger partial charge in [0.25, 0.3) is 0 Å². The quantitative estimate of drug-likeness (QED) is 0.451. The number of hydrogen-bond acceptors (Lipinski definition) is 6. The first-order valence-electron chi connectivity index (χ1n) is 12.7. The van der Waals surface area contributed by atoms with Gasteiger partial charge in [0.1, 0.15) is 25.8 Å². The molecular formula is C27H37N3O6S. The molecule has 3 rings (SSSR count). The number of ether oxygens (including phenoxy) is 2. The van der Waals surface area contributed by atoms with E-state index in [0.717, 1.165) is 16.3 Å².